The van der Waals surface area contributed by atoms with Crippen LogP contribution in [0.15, 0.2) is 24.3 Å². The van der Waals surface area contributed by atoms with Gasteiger partial charge in [0.25, 0.3) is 0 Å². The van der Waals surface area contributed by atoms with Gasteiger partial charge in [-0.2, -0.15) is 0 Å². The number of aryl methyl sites for hydroxylation is 1. The summed E-state index contributed by atoms with van der Waals surface area (Å²) in [5.74, 6) is 0.885. The molecule has 2 atom stereocenters. The summed E-state index contributed by atoms with van der Waals surface area (Å²) in [6.07, 6.45) is 4.01. The van der Waals surface area contributed by atoms with E-state index in [0.717, 1.165) is 25.6 Å². The van der Waals surface area contributed by atoms with Gasteiger partial charge >= 0.3 is 0 Å². The van der Waals surface area contributed by atoms with Crippen molar-refractivity contribution in [2.45, 2.75) is 64.6 Å². The van der Waals surface area contributed by atoms with Crippen molar-refractivity contribution in [2.24, 2.45) is 5.92 Å². The van der Waals surface area contributed by atoms with Crippen molar-refractivity contribution in [2.75, 3.05) is 13.1 Å². The lowest BCUT2D eigenvalue weighted by atomic mass is 9.84. The van der Waals surface area contributed by atoms with E-state index < -0.39 is 0 Å². The molecule has 0 radical (unpaired) electrons. The zero-order chi connectivity index (χ0) is 15.1. The summed E-state index contributed by atoms with van der Waals surface area (Å²) in [6, 6.07) is 9.02. The maximum Gasteiger partial charge on any atom is 0.0338 e. The van der Waals surface area contributed by atoms with E-state index >= 15 is 0 Å². The van der Waals surface area contributed by atoms with E-state index in [-0.39, 0.29) is 5.54 Å². The number of nitrogens with one attached hydrogen (secondary N) is 1. The van der Waals surface area contributed by atoms with Crippen LogP contribution in [0.2, 0.25) is 0 Å². The Morgan fingerprint density at radius 1 is 1.29 bits per heavy atom. The monoisotopic (exact) mass is 286 g/mol. The van der Waals surface area contributed by atoms with Crippen LogP contribution in [-0.4, -0.2) is 29.1 Å². The smallest absolute Gasteiger partial charge is 0.0338 e. The minimum absolute atomic E-state index is 0.262. The summed E-state index contributed by atoms with van der Waals surface area (Å²) < 4.78 is 0. The molecule has 21 heavy (non-hydrogen) atoms. The normalized spacial score (nSPS) is 34.1. The molecule has 0 bridgehead atoms. The SMILES string of the molecule is CCC1(C)CN(Cc2cccc(C)c2)C(C)(C2CC2)CN1. The fraction of sp³-hybridized carbons (Fsp3) is 0.684. The standard InChI is InChI=1S/C19H30N2/c1-5-18(3)14-21(12-16-8-6-7-15(2)11-16)19(4,13-20-18)17-9-10-17/h6-8,11,17,20H,5,9-10,12-14H2,1-4H3. The maximum absolute atomic E-state index is 3.84. The Bertz CT molecular complexity index is 508. The van der Waals surface area contributed by atoms with Crippen LogP contribution in [0.5, 0.6) is 0 Å². The maximum atomic E-state index is 3.84. The lowest BCUT2D eigenvalue weighted by molar-refractivity contribution is -0.00134. The highest BCUT2D eigenvalue weighted by Crippen LogP contribution is 2.45. The Balaban J connectivity index is 1.83. The number of hydrogen-bond donors (Lipinski definition) is 1. The van der Waals surface area contributed by atoms with E-state index in [1.165, 1.54) is 30.4 Å². The highest BCUT2D eigenvalue weighted by Gasteiger charge is 2.50. The molecule has 1 aromatic rings. The van der Waals surface area contributed by atoms with Gasteiger partial charge in [-0.25, -0.2) is 0 Å². The molecule has 3 rings (SSSR count). The highest BCUT2D eigenvalue weighted by molar-refractivity contribution is 5.23. The molecule has 1 aromatic carbocycles. The van der Waals surface area contributed by atoms with E-state index in [4.69, 9.17) is 0 Å². The van der Waals surface area contributed by atoms with Crippen LogP contribution in [-0.2, 0) is 6.54 Å². The van der Waals surface area contributed by atoms with Crippen molar-refractivity contribution in [1.29, 1.82) is 0 Å². The van der Waals surface area contributed by atoms with Gasteiger partial charge in [0.15, 0.2) is 0 Å². The van der Waals surface area contributed by atoms with Crippen LogP contribution < -0.4 is 5.32 Å². The first-order valence-electron chi connectivity index (χ1n) is 8.51. The summed E-state index contributed by atoms with van der Waals surface area (Å²) in [4.78, 5) is 2.76. The first-order valence-corrected chi connectivity index (χ1v) is 8.51. The molecule has 1 aliphatic carbocycles. The molecule has 0 aromatic heterocycles. The fourth-order valence-electron chi connectivity index (χ4n) is 3.77. The van der Waals surface area contributed by atoms with Crippen LogP contribution in [0.25, 0.3) is 0 Å². The van der Waals surface area contributed by atoms with Crippen molar-refractivity contribution in [3.8, 4) is 0 Å². The third-order valence-electron chi connectivity index (χ3n) is 5.83. The summed E-state index contributed by atoms with van der Waals surface area (Å²) >= 11 is 0. The van der Waals surface area contributed by atoms with E-state index in [1.807, 2.05) is 0 Å². The second-order valence-electron chi connectivity index (χ2n) is 7.74. The Hall–Kier alpha value is -0.860. The number of hydrogen-bond acceptors (Lipinski definition) is 2. The van der Waals surface area contributed by atoms with Crippen molar-refractivity contribution in [3.63, 3.8) is 0 Å². The molecule has 2 heteroatoms. The molecule has 1 saturated heterocycles. The van der Waals surface area contributed by atoms with E-state index in [2.05, 4.69) is 62.2 Å². The van der Waals surface area contributed by atoms with Crippen LogP contribution in [0.1, 0.15) is 51.2 Å². The third kappa shape index (κ3) is 3.02. The Morgan fingerprint density at radius 2 is 2.05 bits per heavy atom. The van der Waals surface area contributed by atoms with Gasteiger partial charge in [0, 0.05) is 30.7 Å². The van der Waals surface area contributed by atoms with E-state index in [9.17, 15) is 0 Å². The molecule has 2 unspecified atom stereocenters. The molecule has 1 saturated carbocycles. The third-order valence-corrected chi connectivity index (χ3v) is 5.83. The average molecular weight is 286 g/mol. The van der Waals surface area contributed by atoms with E-state index in [0.29, 0.717) is 5.54 Å². The second kappa shape index (κ2) is 5.40. The van der Waals surface area contributed by atoms with Gasteiger partial charge in [-0.1, -0.05) is 36.8 Å². The van der Waals surface area contributed by atoms with Crippen LogP contribution in [0, 0.1) is 12.8 Å². The van der Waals surface area contributed by atoms with Crippen molar-refractivity contribution in [3.05, 3.63) is 35.4 Å². The van der Waals surface area contributed by atoms with Crippen LogP contribution in [0.3, 0.4) is 0 Å². The summed E-state index contributed by atoms with van der Waals surface area (Å²) in [7, 11) is 0. The molecule has 0 spiro atoms. The lowest BCUT2D eigenvalue weighted by Gasteiger charge is -2.53. The molecule has 2 fully saturated rings. The molecule has 1 aliphatic heterocycles. The molecular weight excluding hydrogens is 256 g/mol. The fourth-order valence-corrected chi connectivity index (χ4v) is 3.77. The molecule has 116 valence electrons. The van der Waals surface area contributed by atoms with Gasteiger partial charge in [-0.05, 0) is 51.5 Å². The van der Waals surface area contributed by atoms with Crippen LogP contribution in [0.4, 0.5) is 0 Å². The molecule has 2 nitrogen and oxygen atoms in total. The van der Waals surface area contributed by atoms with Gasteiger partial charge in [0.1, 0.15) is 0 Å². The molecule has 0 amide bonds. The van der Waals surface area contributed by atoms with Gasteiger partial charge in [-0.3, -0.25) is 4.90 Å². The number of piperazine rings is 1. The zero-order valence-electron chi connectivity index (χ0n) is 14.1. The molecule has 1 N–H and O–H groups in total. The summed E-state index contributed by atoms with van der Waals surface area (Å²) in [6.45, 7) is 12.7. The first kappa shape index (κ1) is 15.1. The number of nitrogens with zero attached hydrogens (tertiary/aromatic N) is 1. The largest absolute Gasteiger partial charge is 0.308 e. The molecule has 1 heterocycles. The molecular formula is C19H30N2. The molecule has 2 aliphatic rings. The van der Waals surface area contributed by atoms with Crippen molar-refractivity contribution >= 4 is 0 Å². The summed E-state index contributed by atoms with van der Waals surface area (Å²) in [5, 5.41) is 3.84. The topological polar surface area (TPSA) is 15.3 Å². The summed E-state index contributed by atoms with van der Waals surface area (Å²) in [5.41, 5.74) is 3.42. The minimum Gasteiger partial charge on any atom is -0.308 e. The first-order chi connectivity index (χ1) is 9.95. The van der Waals surface area contributed by atoms with Gasteiger partial charge in [0.05, 0.1) is 0 Å². The Morgan fingerprint density at radius 3 is 2.67 bits per heavy atom. The lowest BCUT2D eigenvalue weighted by Crippen LogP contribution is -2.68. The number of rotatable bonds is 4. The zero-order valence-corrected chi connectivity index (χ0v) is 14.1. The number of benzene rings is 1. The predicted octanol–water partition coefficient (Wildman–Crippen LogP) is 3.74. The van der Waals surface area contributed by atoms with Gasteiger partial charge < -0.3 is 5.32 Å². The second-order valence-corrected chi connectivity index (χ2v) is 7.74. The van der Waals surface area contributed by atoms with Crippen molar-refractivity contribution in [1.82, 2.24) is 10.2 Å². The Kier molecular flexibility index (Phi) is 3.87. The minimum atomic E-state index is 0.262. The van der Waals surface area contributed by atoms with Gasteiger partial charge in [0.2, 0.25) is 0 Å². The van der Waals surface area contributed by atoms with Crippen LogP contribution >= 0.6 is 0 Å². The quantitative estimate of drug-likeness (QED) is 0.907. The van der Waals surface area contributed by atoms with E-state index in [1.54, 1.807) is 0 Å². The van der Waals surface area contributed by atoms with Crippen molar-refractivity contribution < 1.29 is 0 Å². The average Bonchev–Trinajstić information content (AvgIpc) is 3.28. The highest BCUT2D eigenvalue weighted by atomic mass is 15.3. The Labute approximate surface area is 129 Å². The van der Waals surface area contributed by atoms with Gasteiger partial charge in [-0.15, -0.1) is 0 Å². The predicted molar refractivity (Wildman–Crippen MR) is 89.4 cm³/mol.